The Bertz CT molecular complexity index is 986. The Kier molecular flexibility index (Phi) is 17.1. The predicted octanol–water partition coefficient (Wildman–Crippen LogP) is 8.80. The van der Waals surface area contributed by atoms with Crippen LogP contribution < -0.4 is 0 Å². The fourth-order valence-corrected chi connectivity index (χ4v) is 6.89. The van der Waals surface area contributed by atoms with Crippen molar-refractivity contribution in [2.24, 2.45) is 11.8 Å². The maximum absolute atomic E-state index is 13.2. The highest BCUT2D eigenvalue weighted by Gasteiger charge is 2.50. The van der Waals surface area contributed by atoms with E-state index in [1.807, 2.05) is 36.4 Å². The van der Waals surface area contributed by atoms with Crippen molar-refractivity contribution in [2.45, 2.75) is 128 Å². The van der Waals surface area contributed by atoms with Crippen molar-refractivity contribution in [3.63, 3.8) is 0 Å². The smallest absolute Gasteiger partial charge is 0.310 e. The van der Waals surface area contributed by atoms with Gasteiger partial charge in [0.05, 0.1) is 49.5 Å². The topological polar surface area (TPSA) is 81.6 Å². The van der Waals surface area contributed by atoms with Gasteiger partial charge in [0.15, 0.2) is 0 Å². The average molecular weight is 608 g/mol. The van der Waals surface area contributed by atoms with E-state index < -0.39 is 11.8 Å². The minimum atomic E-state index is -0.542. The van der Waals surface area contributed by atoms with E-state index in [0.717, 1.165) is 30.8 Å². The maximum atomic E-state index is 13.2. The lowest BCUT2D eigenvalue weighted by molar-refractivity contribution is -0.162. The van der Waals surface area contributed by atoms with Crippen molar-refractivity contribution in [2.75, 3.05) is 20.8 Å². The van der Waals surface area contributed by atoms with Crippen LogP contribution in [0.2, 0.25) is 0 Å². The fraction of sp³-hybridized carbons (Fsp3) is 0.676. The molecule has 7 heteroatoms. The number of nitrogens with zero attached hydrogens (tertiary/aromatic N) is 3. The van der Waals surface area contributed by atoms with Crippen LogP contribution in [-0.2, 0) is 19.1 Å². The molecule has 0 amide bonds. The molecule has 0 bridgehead atoms. The first-order valence-electron chi connectivity index (χ1n) is 17.4. The van der Waals surface area contributed by atoms with Gasteiger partial charge in [-0.05, 0) is 43.7 Å². The number of esters is 2. The third kappa shape index (κ3) is 11.3. The first-order chi connectivity index (χ1) is 21.6. The van der Waals surface area contributed by atoms with Crippen molar-refractivity contribution in [3.8, 4) is 0 Å². The number of rotatable bonds is 21. The Morgan fingerprint density at radius 2 is 1.02 bits per heavy atom. The van der Waals surface area contributed by atoms with E-state index in [-0.39, 0.29) is 24.0 Å². The van der Waals surface area contributed by atoms with E-state index in [1.165, 1.54) is 104 Å². The Balaban J connectivity index is 1.56. The third-order valence-electron chi connectivity index (χ3n) is 9.24. The van der Waals surface area contributed by atoms with E-state index in [4.69, 9.17) is 9.47 Å². The van der Waals surface area contributed by atoms with E-state index in [1.54, 1.807) is 12.4 Å². The molecule has 1 aliphatic rings. The standard InChI is InChI=1S/C37H57N3O4/c1-4-5-6-7-8-9-10-11-12-13-14-15-16-17-18-23-28-40-34(32-24-19-21-26-38-32)30(36(41)43-2)29-31(37(42)44-3)35(40)33-25-20-22-27-39-33/h19-22,24-27,30-31,34-35H,4-18,23,28-29H2,1-3H3. The average Bonchev–Trinajstić information content (AvgIpc) is 3.07. The molecule has 0 radical (unpaired) electrons. The number of carbonyl (C=O) groups is 2. The molecule has 0 N–H and O–H groups in total. The largest absolute Gasteiger partial charge is 0.469 e. The van der Waals surface area contributed by atoms with Crippen LogP contribution >= 0.6 is 0 Å². The molecule has 1 fully saturated rings. The lowest BCUT2D eigenvalue weighted by Crippen LogP contribution is -2.51. The van der Waals surface area contributed by atoms with Crippen LogP contribution in [0.3, 0.4) is 0 Å². The molecule has 2 aromatic heterocycles. The predicted molar refractivity (Wildman–Crippen MR) is 176 cm³/mol. The molecule has 7 nitrogen and oxygen atoms in total. The quantitative estimate of drug-likeness (QED) is 0.104. The monoisotopic (exact) mass is 607 g/mol. The summed E-state index contributed by atoms with van der Waals surface area (Å²) in [7, 11) is 2.82. The zero-order chi connectivity index (χ0) is 31.4. The van der Waals surface area contributed by atoms with Gasteiger partial charge in [0, 0.05) is 12.4 Å². The Hall–Kier alpha value is -2.80. The molecule has 3 rings (SSSR count). The van der Waals surface area contributed by atoms with Crippen LogP contribution in [0.15, 0.2) is 48.8 Å². The molecule has 3 heterocycles. The second-order valence-electron chi connectivity index (χ2n) is 12.4. The second kappa shape index (κ2) is 21.0. The summed E-state index contributed by atoms with van der Waals surface area (Å²) >= 11 is 0. The molecular formula is C37H57N3O4. The Morgan fingerprint density at radius 1 is 0.636 bits per heavy atom. The van der Waals surface area contributed by atoms with E-state index in [0.29, 0.717) is 6.42 Å². The van der Waals surface area contributed by atoms with Gasteiger partial charge in [0.1, 0.15) is 0 Å². The number of aromatic nitrogens is 2. The summed E-state index contributed by atoms with van der Waals surface area (Å²) in [5.41, 5.74) is 1.62. The summed E-state index contributed by atoms with van der Waals surface area (Å²) in [5, 5.41) is 0. The number of hydrogen-bond acceptors (Lipinski definition) is 7. The molecule has 0 spiro atoms. The second-order valence-corrected chi connectivity index (χ2v) is 12.4. The van der Waals surface area contributed by atoms with Gasteiger partial charge < -0.3 is 9.47 Å². The maximum Gasteiger partial charge on any atom is 0.310 e. The number of piperidine rings is 1. The lowest BCUT2D eigenvalue weighted by Gasteiger charge is -2.48. The highest BCUT2D eigenvalue weighted by atomic mass is 16.5. The minimum Gasteiger partial charge on any atom is -0.469 e. The van der Waals surface area contributed by atoms with E-state index in [9.17, 15) is 9.59 Å². The van der Waals surface area contributed by atoms with Gasteiger partial charge in [-0.15, -0.1) is 0 Å². The normalized spacial score (nSPS) is 20.3. The summed E-state index contributed by atoms with van der Waals surface area (Å²) < 4.78 is 10.5. The van der Waals surface area contributed by atoms with Gasteiger partial charge in [-0.2, -0.15) is 0 Å². The highest BCUT2D eigenvalue weighted by Crippen LogP contribution is 2.48. The number of ether oxygens (including phenoxy) is 2. The van der Waals surface area contributed by atoms with Gasteiger partial charge in [-0.25, -0.2) is 0 Å². The van der Waals surface area contributed by atoms with Gasteiger partial charge in [0.2, 0.25) is 0 Å². The van der Waals surface area contributed by atoms with Crippen LogP contribution in [0, 0.1) is 11.8 Å². The third-order valence-corrected chi connectivity index (χ3v) is 9.24. The molecule has 1 saturated heterocycles. The molecule has 2 aromatic rings. The summed E-state index contributed by atoms with van der Waals surface area (Å²) in [6, 6.07) is 10.9. The van der Waals surface area contributed by atoms with E-state index in [2.05, 4.69) is 21.8 Å². The number of likely N-dealkylation sites (tertiary alicyclic amines) is 1. The van der Waals surface area contributed by atoms with Crippen molar-refractivity contribution < 1.29 is 19.1 Å². The van der Waals surface area contributed by atoms with Crippen LogP contribution in [0.25, 0.3) is 0 Å². The Morgan fingerprint density at radius 3 is 1.36 bits per heavy atom. The SMILES string of the molecule is CCCCCCCCCCCCCCCCCCN1C(c2ccccn2)C(C(=O)OC)CC(C(=O)OC)C1c1ccccn1. The highest BCUT2D eigenvalue weighted by molar-refractivity contribution is 5.78. The number of pyridine rings is 2. The number of unbranched alkanes of at least 4 members (excludes halogenated alkanes) is 15. The van der Waals surface area contributed by atoms with Crippen molar-refractivity contribution >= 4 is 11.9 Å². The molecule has 0 aromatic carbocycles. The number of carbonyl (C=O) groups excluding carboxylic acids is 2. The first kappa shape index (κ1) is 35.7. The molecule has 4 atom stereocenters. The molecule has 4 unspecified atom stereocenters. The zero-order valence-corrected chi connectivity index (χ0v) is 27.6. The van der Waals surface area contributed by atoms with E-state index >= 15 is 0 Å². The summed E-state index contributed by atoms with van der Waals surface area (Å²) in [4.78, 5) is 38.0. The molecule has 0 aliphatic carbocycles. The van der Waals surface area contributed by atoms with Gasteiger partial charge in [-0.3, -0.25) is 24.5 Å². The first-order valence-corrected chi connectivity index (χ1v) is 17.4. The summed E-state index contributed by atoms with van der Waals surface area (Å²) in [6.07, 6.45) is 24.8. The van der Waals surface area contributed by atoms with Crippen LogP contribution in [-0.4, -0.2) is 47.6 Å². The Labute approximate surface area is 266 Å². The number of methoxy groups -OCH3 is 2. The summed E-state index contributed by atoms with van der Waals surface area (Å²) in [6.45, 7) is 3.00. The van der Waals surface area contributed by atoms with Gasteiger partial charge in [-0.1, -0.05) is 115 Å². The van der Waals surface area contributed by atoms with Gasteiger partial charge >= 0.3 is 11.9 Å². The number of hydrogen-bond donors (Lipinski definition) is 0. The lowest BCUT2D eigenvalue weighted by atomic mass is 9.75. The molecular weight excluding hydrogens is 550 g/mol. The molecule has 44 heavy (non-hydrogen) atoms. The molecule has 244 valence electrons. The zero-order valence-electron chi connectivity index (χ0n) is 27.6. The van der Waals surface area contributed by atoms with Crippen LogP contribution in [0.5, 0.6) is 0 Å². The van der Waals surface area contributed by atoms with Crippen molar-refractivity contribution in [1.29, 1.82) is 0 Å². The van der Waals surface area contributed by atoms with Crippen molar-refractivity contribution in [1.82, 2.24) is 14.9 Å². The minimum absolute atomic E-state index is 0.317. The fourth-order valence-electron chi connectivity index (χ4n) is 6.89. The molecule has 1 aliphatic heterocycles. The van der Waals surface area contributed by atoms with Crippen LogP contribution in [0.1, 0.15) is 140 Å². The van der Waals surface area contributed by atoms with Gasteiger partial charge in [0.25, 0.3) is 0 Å². The van der Waals surface area contributed by atoms with Crippen molar-refractivity contribution in [3.05, 3.63) is 60.2 Å². The molecule has 0 saturated carbocycles. The van der Waals surface area contributed by atoms with Crippen LogP contribution in [0.4, 0.5) is 0 Å². The summed E-state index contributed by atoms with van der Waals surface area (Å²) in [5.74, 6) is -1.74.